The van der Waals surface area contributed by atoms with E-state index in [2.05, 4.69) is 27.0 Å². The number of ether oxygens (including phenoxy) is 1. The van der Waals surface area contributed by atoms with Gasteiger partial charge in [-0.15, -0.1) is 11.3 Å². The highest BCUT2D eigenvalue weighted by Crippen LogP contribution is 2.49. The van der Waals surface area contributed by atoms with Gasteiger partial charge in [0.05, 0.1) is 18.9 Å². The molecule has 0 spiro atoms. The summed E-state index contributed by atoms with van der Waals surface area (Å²) in [5.74, 6) is 0.793. The SMILES string of the molecule is COc1ccc(Br)cc1-c1csc(C2(C#N)CC2)n1. The summed E-state index contributed by atoms with van der Waals surface area (Å²) >= 11 is 5.02. The van der Waals surface area contributed by atoms with E-state index in [1.54, 1.807) is 18.4 Å². The third-order valence-electron chi connectivity index (χ3n) is 3.32. The van der Waals surface area contributed by atoms with Crippen molar-refractivity contribution in [1.82, 2.24) is 4.98 Å². The van der Waals surface area contributed by atoms with Gasteiger partial charge in [0.15, 0.2) is 0 Å². The molecule has 1 saturated carbocycles. The average Bonchev–Trinajstić information content (AvgIpc) is 3.08. The fraction of sp³-hybridized carbons (Fsp3) is 0.286. The second-order valence-corrected chi connectivity index (χ2v) is 6.35. The standard InChI is InChI=1S/C14H11BrN2OS/c1-18-12-3-2-9(15)6-10(12)11-7-19-13(17-11)14(8-16)4-5-14/h2-3,6-7H,4-5H2,1H3. The smallest absolute Gasteiger partial charge is 0.128 e. The van der Waals surface area contributed by atoms with Gasteiger partial charge in [0.25, 0.3) is 0 Å². The van der Waals surface area contributed by atoms with Gasteiger partial charge in [0.2, 0.25) is 0 Å². The molecule has 0 radical (unpaired) electrons. The lowest BCUT2D eigenvalue weighted by Gasteiger charge is -2.06. The first-order valence-corrected chi connectivity index (χ1v) is 7.57. The van der Waals surface area contributed by atoms with Crippen LogP contribution >= 0.6 is 27.3 Å². The second kappa shape index (κ2) is 4.62. The minimum atomic E-state index is -0.317. The summed E-state index contributed by atoms with van der Waals surface area (Å²) in [6, 6.07) is 8.22. The minimum Gasteiger partial charge on any atom is -0.496 e. The van der Waals surface area contributed by atoms with Crippen molar-refractivity contribution in [1.29, 1.82) is 5.26 Å². The third kappa shape index (κ3) is 2.15. The lowest BCUT2D eigenvalue weighted by Crippen LogP contribution is -2.01. The van der Waals surface area contributed by atoms with E-state index in [-0.39, 0.29) is 5.41 Å². The first kappa shape index (κ1) is 12.6. The van der Waals surface area contributed by atoms with Gasteiger partial charge in [-0.1, -0.05) is 15.9 Å². The molecule has 2 aromatic rings. The zero-order valence-corrected chi connectivity index (χ0v) is 12.7. The minimum absolute atomic E-state index is 0.317. The molecule has 3 nitrogen and oxygen atoms in total. The van der Waals surface area contributed by atoms with Gasteiger partial charge in [-0.2, -0.15) is 5.26 Å². The molecule has 0 unspecified atom stereocenters. The van der Waals surface area contributed by atoms with E-state index < -0.39 is 0 Å². The number of thiazole rings is 1. The summed E-state index contributed by atoms with van der Waals surface area (Å²) in [4.78, 5) is 4.63. The number of nitriles is 1. The first-order valence-electron chi connectivity index (χ1n) is 5.90. The number of nitrogens with zero attached hydrogens (tertiary/aromatic N) is 2. The van der Waals surface area contributed by atoms with E-state index in [1.807, 2.05) is 23.6 Å². The number of benzene rings is 1. The van der Waals surface area contributed by atoms with Crippen LogP contribution in [0.5, 0.6) is 5.75 Å². The van der Waals surface area contributed by atoms with Gasteiger partial charge < -0.3 is 4.74 Å². The molecule has 1 aliphatic rings. The molecule has 1 fully saturated rings. The Labute approximate surface area is 124 Å². The summed E-state index contributed by atoms with van der Waals surface area (Å²) in [6.07, 6.45) is 1.85. The highest BCUT2D eigenvalue weighted by molar-refractivity contribution is 9.10. The fourth-order valence-electron chi connectivity index (χ4n) is 2.00. The van der Waals surface area contributed by atoms with Crippen LogP contribution in [0.15, 0.2) is 28.1 Å². The van der Waals surface area contributed by atoms with Crippen LogP contribution in [0.25, 0.3) is 11.3 Å². The van der Waals surface area contributed by atoms with E-state index in [0.29, 0.717) is 0 Å². The van der Waals surface area contributed by atoms with Gasteiger partial charge >= 0.3 is 0 Å². The maximum absolute atomic E-state index is 9.22. The monoisotopic (exact) mass is 334 g/mol. The highest BCUT2D eigenvalue weighted by Gasteiger charge is 2.47. The Balaban J connectivity index is 2.04. The molecule has 1 heterocycles. The maximum Gasteiger partial charge on any atom is 0.128 e. The third-order valence-corrected chi connectivity index (χ3v) is 4.85. The molecule has 3 rings (SSSR count). The lowest BCUT2D eigenvalue weighted by molar-refractivity contribution is 0.416. The van der Waals surface area contributed by atoms with Crippen LogP contribution in [0.3, 0.4) is 0 Å². The van der Waals surface area contributed by atoms with Gasteiger partial charge in [-0.3, -0.25) is 0 Å². The average molecular weight is 335 g/mol. The topological polar surface area (TPSA) is 45.9 Å². The van der Waals surface area contributed by atoms with E-state index in [4.69, 9.17) is 4.74 Å². The number of rotatable bonds is 3. The predicted octanol–water partition coefficient (Wildman–Crippen LogP) is 4.14. The van der Waals surface area contributed by atoms with Crippen molar-refractivity contribution in [2.75, 3.05) is 7.11 Å². The Hall–Kier alpha value is -1.38. The molecule has 1 aromatic heterocycles. The van der Waals surface area contributed by atoms with Crippen LogP contribution in [0.1, 0.15) is 17.8 Å². The molecule has 0 saturated heterocycles. The Kier molecular flexibility index (Phi) is 3.08. The normalized spacial score (nSPS) is 15.8. The van der Waals surface area contributed by atoms with E-state index in [9.17, 15) is 5.26 Å². The molecule has 0 atom stereocenters. The lowest BCUT2D eigenvalue weighted by atomic mass is 10.1. The van der Waals surface area contributed by atoms with Crippen molar-refractivity contribution < 1.29 is 4.74 Å². The first-order chi connectivity index (χ1) is 9.18. The van der Waals surface area contributed by atoms with Crippen LogP contribution in [-0.2, 0) is 5.41 Å². The molecule has 96 valence electrons. The van der Waals surface area contributed by atoms with E-state index in [0.717, 1.165) is 39.3 Å². The van der Waals surface area contributed by atoms with Gasteiger partial charge in [-0.25, -0.2) is 4.98 Å². The second-order valence-electron chi connectivity index (χ2n) is 4.58. The summed E-state index contributed by atoms with van der Waals surface area (Å²) in [5, 5.41) is 12.1. The van der Waals surface area contributed by atoms with Gasteiger partial charge in [0.1, 0.15) is 16.2 Å². The van der Waals surface area contributed by atoms with Crippen LogP contribution in [0.2, 0.25) is 0 Å². The van der Waals surface area contributed by atoms with Gasteiger partial charge in [-0.05, 0) is 31.0 Å². The van der Waals surface area contributed by atoms with E-state index >= 15 is 0 Å². The molecular weight excluding hydrogens is 324 g/mol. The highest BCUT2D eigenvalue weighted by atomic mass is 79.9. The molecule has 5 heteroatoms. The molecular formula is C14H11BrN2OS. The number of halogens is 1. The van der Waals surface area contributed by atoms with Crippen molar-refractivity contribution >= 4 is 27.3 Å². The van der Waals surface area contributed by atoms with Crippen molar-refractivity contribution in [3.05, 3.63) is 33.1 Å². The van der Waals surface area contributed by atoms with Crippen LogP contribution in [0.4, 0.5) is 0 Å². The van der Waals surface area contributed by atoms with Crippen LogP contribution in [-0.4, -0.2) is 12.1 Å². The van der Waals surface area contributed by atoms with Crippen LogP contribution in [0, 0.1) is 11.3 Å². The van der Waals surface area contributed by atoms with Gasteiger partial charge in [0, 0.05) is 15.4 Å². The zero-order chi connectivity index (χ0) is 13.5. The Morgan fingerprint density at radius 3 is 2.89 bits per heavy atom. The fourth-order valence-corrected chi connectivity index (χ4v) is 3.39. The largest absolute Gasteiger partial charge is 0.496 e. The number of methoxy groups -OCH3 is 1. The van der Waals surface area contributed by atoms with Crippen molar-refractivity contribution in [2.24, 2.45) is 0 Å². The molecule has 0 bridgehead atoms. The number of hydrogen-bond donors (Lipinski definition) is 0. The quantitative estimate of drug-likeness (QED) is 0.847. The molecule has 0 amide bonds. The molecule has 19 heavy (non-hydrogen) atoms. The zero-order valence-electron chi connectivity index (χ0n) is 10.3. The molecule has 0 aliphatic heterocycles. The molecule has 1 aromatic carbocycles. The summed E-state index contributed by atoms with van der Waals surface area (Å²) in [6.45, 7) is 0. The Bertz CT molecular complexity index is 670. The molecule has 1 aliphatic carbocycles. The summed E-state index contributed by atoms with van der Waals surface area (Å²) in [7, 11) is 1.65. The van der Waals surface area contributed by atoms with Crippen molar-refractivity contribution in [2.45, 2.75) is 18.3 Å². The van der Waals surface area contributed by atoms with Crippen molar-refractivity contribution in [3.63, 3.8) is 0 Å². The molecule has 0 N–H and O–H groups in total. The maximum atomic E-state index is 9.22. The Morgan fingerprint density at radius 2 is 2.26 bits per heavy atom. The number of hydrogen-bond acceptors (Lipinski definition) is 4. The summed E-state index contributed by atoms with van der Waals surface area (Å²) in [5.41, 5.74) is 1.51. The number of aromatic nitrogens is 1. The van der Waals surface area contributed by atoms with Crippen molar-refractivity contribution in [3.8, 4) is 23.1 Å². The van der Waals surface area contributed by atoms with Crippen LogP contribution < -0.4 is 4.74 Å². The van der Waals surface area contributed by atoms with E-state index in [1.165, 1.54) is 0 Å². The Morgan fingerprint density at radius 1 is 1.47 bits per heavy atom. The predicted molar refractivity (Wildman–Crippen MR) is 78.3 cm³/mol. The summed E-state index contributed by atoms with van der Waals surface area (Å²) < 4.78 is 6.36.